The Kier molecular flexibility index (Phi) is 5.46. The molecular formula is C23H28N6O2S. The van der Waals surface area contributed by atoms with E-state index in [9.17, 15) is 4.79 Å². The molecule has 0 bridgehead atoms. The van der Waals surface area contributed by atoms with Crippen LogP contribution in [0.1, 0.15) is 26.7 Å². The monoisotopic (exact) mass is 452 g/mol. The summed E-state index contributed by atoms with van der Waals surface area (Å²) >= 11 is 1.57. The summed E-state index contributed by atoms with van der Waals surface area (Å²) in [7, 11) is 2.01. The third-order valence-corrected chi connectivity index (χ3v) is 7.36. The molecule has 0 spiro atoms. The number of hydrogen-bond donors (Lipinski definition) is 3. The van der Waals surface area contributed by atoms with Crippen LogP contribution in [0.2, 0.25) is 0 Å². The first kappa shape index (κ1) is 21.1. The molecule has 0 aliphatic carbocycles. The van der Waals surface area contributed by atoms with Gasteiger partial charge in [-0.25, -0.2) is 4.98 Å². The van der Waals surface area contributed by atoms with E-state index in [1.54, 1.807) is 18.0 Å². The lowest BCUT2D eigenvalue weighted by atomic mass is 9.97. The Morgan fingerprint density at radius 2 is 2.06 bits per heavy atom. The minimum Gasteiger partial charge on any atom is -0.459 e. The normalized spacial score (nSPS) is 18.5. The van der Waals surface area contributed by atoms with E-state index in [1.807, 2.05) is 45.2 Å². The molecule has 5 rings (SSSR count). The first-order chi connectivity index (χ1) is 15.4. The third kappa shape index (κ3) is 4.02. The molecule has 168 valence electrons. The van der Waals surface area contributed by atoms with Crippen molar-refractivity contribution in [2.75, 3.05) is 42.2 Å². The fraction of sp³-hybridized carbons (Fsp3) is 0.435. The fourth-order valence-electron chi connectivity index (χ4n) is 4.27. The third-order valence-electron chi connectivity index (χ3n) is 6.09. The predicted octanol–water partition coefficient (Wildman–Crippen LogP) is 4.23. The van der Waals surface area contributed by atoms with Gasteiger partial charge in [-0.2, -0.15) is 4.98 Å². The Labute approximate surface area is 191 Å². The number of benzene rings is 1. The minimum atomic E-state index is -0.479. The quantitative estimate of drug-likeness (QED) is 0.530. The Bertz CT molecular complexity index is 1150. The molecule has 1 amide bonds. The van der Waals surface area contributed by atoms with E-state index < -0.39 is 4.75 Å². The Hall–Kier alpha value is -2.78. The summed E-state index contributed by atoms with van der Waals surface area (Å²) in [5.74, 6) is 2.04. The first-order valence-corrected chi connectivity index (χ1v) is 11.8. The van der Waals surface area contributed by atoms with Gasteiger partial charge in [-0.1, -0.05) is 0 Å². The van der Waals surface area contributed by atoms with Crippen LogP contribution in [-0.4, -0.2) is 47.3 Å². The lowest BCUT2D eigenvalue weighted by molar-refractivity contribution is -0.117. The number of thioether (sulfide) groups is 1. The second-order valence-corrected chi connectivity index (χ2v) is 10.6. The molecule has 3 N–H and O–H groups in total. The van der Waals surface area contributed by atoms with E-state index in [1.165, 1.54) is 0 Å². The van der Waals surface area contributed by atoms with Gasteiger partial charge in [0.25, 0.3) is 0 Å². The zero-order chi connectivity index (χ0) is 22.3. The van der Waals surface area contributed by atoms with Gasteiger partial charge in [-0.05, 0) is 64.4 Å². The summed E-state index contributed by atoms with van der Waals surface area (Å²) in [6.07, 6.45) is 3.90. The maximum Gasteiger partial charge on any atom is 0.240 e. The van der Waals surface area contributed by atoms with Gasteiger partial charge < -0.3 is 25.3 Å². The molecule has 8 nitrogen and oxygen atoms in total. The van der Waals surface area contributed by atoms with Crippen LogP contribution < -0.4 is 20.9 Å². The Balaban J connectivity index is 1.40. The molecule has 0 saturated carbocycles. The van der Waals surface area contributed by atoms with Crippen molar-refractivity contribution in [3.8, 4) is 0 Å². The molecular weight excluding hydrogens is 424 g/mol. The van der Waals surface area contributed by atoms with E-state index >= 15 is 0 Å². The van der Waals surface area contributed by atoms with Gasteiger partial charge in [0, 0.05) is 29.7 Å². The van der Waals surface area contributed by atoms with Crippen molar-refractivity contribution in [3.05, 3.63) is 30.5 Å². The highest BCUT2D eigenvalue weighted by Crippen LogP contribution is 2.43. The van der Waals surface area contributed by atoms with Crippen LogP contribution in [0.25, 0.3) is 11.1 Å². The number of hydrogen-bond acceptors (Lipinski definition) is 8. The molecule has 2 aliphatic heterocycles. The van der Waals surface area contributed by atoms with Crippen LogP contribution in [0.5, 0.6) is 0 Å². The van der Waals surface area contributed by atoms with Gasteiger partial charge in [-0.3, -0.25) is 4.79 Å². The lowest BCUT2D eigenvalue weighted by Crippen LogP contribution is -2.37. The number of amides is 1. The van der Waals surface area contributed by atoms with Crippen molar-refractivity contribution in [2.45, 2.75) is 36.3 Å². The summed E-state index contributed by atoms with van der Waals surface area (Å²) in [6, 6.07) is 7.81. The number of anilines is 4. The number of piperidine rings is 1. The Morgan fingerprint density at radius 3 is 2.84 bits per heavy atom. The van der Waals surface area contributed by atoms with E-state index in [0.29, 0.717) is 11.9 Å². The molecule has 3 aromatic rings. The van der Waals surface area contributed by atoms with Gasteiger partial charge in [0.1, 0.15) is 5.52 Å². The van der Waals surface area contributed by atoms with Gasteiger partial charge in [0.15, 0.2) is 11.4 Å². The average Bonchev–Trinajstić information content (AvgIpc) is 3.24. The highest BCUT2D eigenvalue weighted by molar-refractivity contribution is 8.01. The van der Waals surface area contributed by atoms with Crippen LogP contribution >= 0.6 is 11.8 Å². The number of nitrogens with one attached hydrogen (secondary N) is 3. The molecule has 1 saturated heterocycles. The minimum absolute atomic E-state index is 0.00665. The van der Waals surface area contributed by atoms with Crippen molar-refractivity contribution in [1.29, 1.82) is 0 Å². The number of aromatic nitrogens is 2. The predicted molar refractivity (Wildman–Crippen MR) is 129 cm³/mol. The van der Waals surface area contributed by atoms with Crippen LogP contribution in [0, 0.1) is 5.92 Å². The van der Waals surface area contributed by atoms with E-state index in [4.69, 9.17) is 9.40 Å². The van der Waals surface area contributed by atoms with Gasteiger partial charge >= 0.3 is 0 Å². The van der Waals surface area contributed by atoms with Gasteiger partial charge in [0.05, 0.1) is 16.7 Å². The van der Waals surface area contributed by atoms with E-state index in [0.717, 1.165) is 65.7 Å². The van der Waals surface area contributed by atoms with Crippen LogP contribution in [0.15, 0.2) is 39.8 Å². The Morgan fingerprint density at radius 1 is 1.25 bits per heavy atom. The van der Waals surface area contributed by atoms with Crippen molar-refractivity contribution in [3.63, 3.8) is 0 Å². The zero-order valence-corrected chi connectivity index (χ0v) is 19.4. The largest absolute Gasteiger partial charge is 0.459 e. The maximum atomic E-state index is 12.4. The number of furan rings is 1. The molecule has 0 unspecified atom stereocenters. The molecule has 32 heavy (non-hydrogen) atoms. The molecule has 1 aromatic carbocycles. The van der Waals surface area contributed by atoms with Crippen LogP contribution in [0.4, 0.5) is 23.1 Å². The fourth-order valence-corrected chi connectivity index (χ4v) is 5.32. The number of carbonyl (C=O) groups is 1. The molecule has 4 heterocycles. The van der Waals surface area contributed by atoms with E-state index in [2.05, 4.69) is 25.8 Å². The van der Waals surface area contributed by atoms with Crippen LogP contribution in [0.3, 0.4) is 0 Å². The number of fused-ring (bicyclic) bond motifs is 2. The summed E-state index contributed by atoms with van der Waals surface area (Å²) < 4.78 is 5.25. The topological polar surface area (TPSA) is 95.3 Å². The molecule has 2 aromatic heterocycles. The summed E-state index contributed by atoms with van der Waals surface area (Å²) in [5.41, 5.74) is 3.13. The van der Waals surface area contributed by atoms with E-state index in [-0.39, 0.29) is 5.91 Å². The molecule has 2 aliphatic rings. The molecule has 0 radical (unpaired) electrons. The number of carbonyl (C=O) groups excluding carboxylic acids is 1. The smallest absolute Gasteiger partial charge is 0.240 e. The molecule has 9 heteroatoms. The average molecular weight is 453 g/mol. The maximum absolute atomic E-state index is 12.4. The van der Waals surface area contributed by atoms with Crippen molar-refractivity contribution >= 4 is 51.9 Å². The standard InChI is InChI=1S/C23H28N6O2S/c1-23(2)21(30)26-17-12-15(4-5-18(17)32-23)25-22-27-16-8-11-31-19(16)20(28-22)29-9-6-14(7-10-29)13-24-3/h4-5,8,11-12,14,24H,6-7,9-10,13H2,1-3H3,(H,26,30)(H,25,27,28). The molecule has 0 atom stereocenters. The second kappa shape index (κ2) is 8.29. The summed E-state index contributed by atoms with van der Waals surface area (Å²) in [6.45, 7) is 6.79. The summed E-state index contributed by atoms with van der Waals surface area (Å²) in [5, 5.41) is 9.61. The number of nitrogens with zero attached hydrogens (tertiary/aromatic N) is 3. The number of rotatable bonds is 5. The highest BCUT2D eigenvalue weighted by atomic mass is 32.2. The second-order valence-electron chi connectivity index (χ2n) is 8.90. The van der Waals surface area contributed by atoms with Crippen molar-refractivity contribution in [2.24, 2.45) is 5.92 Å². The van der Waals surface area contributed by atoms with Crippen LogP contribution in [-0.2, 0) is 4.79 Å². The summed E-state index contributed by atoms with van der Waals surface area (Å²) in [4.78, 5) is 25.1. The lowest BCUT2D eigenvalue weighted by Gasteiger charge is -2.32. The van der Waals surface area contributed by atoms with Gasteiger partial charge in [-0.15, -0.1) is 11.8 Å². The van der Waals surface area contributed by atoms with Gasteiger partial charge in [0.2, 0.25) is 11.9 Å². The SMILES string of the molecule is CNCC1CCN(c2nc(Nc3ccc4c(c3)NC(=O)C(C)(C)S4)nc3ccoc23)CC1. The van der Waals surface area contributed by atoms with Crippen molar-refractivity contribution in [1.82, 2.24) is 15.3 Å². The van der Waals surface area contributed by atoms with Crippen molar-refractivity contribution < 1.29 is 9.21 Å². The zero-order valence-electron chi connectivity index (χ0n) is 18.6. The first-order valence-electron chi connectivity index (χ1n) is 11.0. The molecule has 1 fully saturated rings. The highest BCUT2D eigenvalue weighted by Gasteiger charge is 2.34.